The Morgan fingerprint density at radius 2 is 1.82 bits per heavy atom. The highest BCUT2D eigenvalue weighted by molar-refractivity contribution is 8.01. The Hall–Kier alpha value is -2.28. The highest BCUT2D eigenvalue weighted by Gasteiger charge is 2.47. The minimum atomic E-state index is -0.945. The zero-order chi connectivity index (χ0) is 19.7. The van der Waals surface area contributed by atoms with Crippen molar-refractivity contribution in [3.05, 3.63) is 81.5 Å². The Morgan fingerprint density at radius 3 is 2.46 bits per heavy atom. The lowest BCUT2D eigenvalue weighted by Crippen LogP contribution is -2.57. The number of amides is 1. The van der Waals surface area contributed by atoms with Gasteiger partial charge in [-0.2, -0.15) is 11.3 Å². The van der Waals surface area contributed by atoms with Crippen molar-refractivity contribution in [2.75, 3.05) is 0 Å². The fourth-order valence-electron chi connectivity index (χ4n) is 3.38. The van der Waals surface area contributed by atoms with Crippen molar-refractivity contribution in [1.29, 1.82) is 0 Å². The van der Waals surface area contributed by atoms with Crippen LogP contribution in [0.4, 0.5) is 0 Å². The van der Waals surface area contributed by atoms with Crippen LogP contribution < -0.4 is 5.32 Å². The summed E-state index contributed by atoms with van der Waals surface area (Å²) in [6.07, 6.45) is 0.127. The van der Waals surface area contributed by atoms with E-state index in [4.69, 9.17) is 11.6 Å². The molecule has 2 heterocycles. The molecule has 7 heteroatoms. The predicted octanol–water partition coefficient (Wildman–Crippen LogP) is 4.60. The number of hydrogen-bond acceptors (Lipinski definition) is 5. The summed E-state index contributed by atoms with van der Waals surface area (Å²) in [7, 11) is 0. The fraction of sp³-hybridized carbons (Fsp3) is 0.143. The third kappa shape index (κ3) is 3.43. The molecule has 3 aromatic rings. The van der Waals surface area contributed by atoms with Crippen LogP contribution in [0, 0.1) is 0 Å². The van der Waals surface area contributed by atoms with Gasteiger partial charge in [0.15, 0.2) is 5.78 Å². The first-order valence-corrected chi connectivity index (χ1v) is 10.8. The molecule has 1 aliphatic heterocycles. The molecule has 4 nitrogen and oxygen atoms in total. The van der Waals surface area contributed by atoms with Crippen LogP contribution in [0.1, 0.15) is 17.5 Å². The van der Waals surface area contributed by atoms with E-state index in [9.17, 15) is 14.7 Å². The molecule has 2 N–H and O–H groups in total. The third-order valence-electron chi connectivity index (χ3n) is 4.76. The molecular weight excluding hydrogens is 414 g/mol. The lowest BCUT2D eigenvalue weighted by molar-refractivity contribution is -0.132. The van der Waals surface area contributed by atoms with Crippen LogP contribution in [0.15, 0.2) is 70.3 Å². The number of piperidine rings is 1. The molecule has 2 atom stereocenters. The lowest BCUT2D eigenvalue weighted by atomic mass is 9.77. The number of ketones is 1. The van der Waals surface area contributed by atoms with Gasteiger partial charge in [0, 0.05) is 11.3 Å². The summed E-state index contributed by atoms with van der Waals surface area (Å²) < 4.78 is 0. The lowest BCUT2D eigenvalue weighted by Gasteiger charge is -2.40. The van der Waals surface area contributed by atoms with E-state index in [1.54, 1.807) is 36.4 Å². The number of Topliss-reactive ketones (excluding diaryl/α,β-unsaturated/α-hetero) is 1. The van der Waals surface area contributed by atoms with Gasteiger partial charge in [-0.25, -0.2) is 0 Å². The summed E-state index contributed by atoms with van der Waals surface area (Å²) in [6, 6.07) is 15.7. The molecule has 1 aliphatic rings. The summed E-state index contributed by atoms with van der Waals surface area (Å²) in [5, 5.41) is 16.2. The Morgan fingerprint density at radius 1 is 1.07 bits per heavy atom. The second kappa shape index (κ2) is 7.62. The summed E-state index contributed by atoms with van der Waals surface area (Å²) in [6.45, 7) is 0. The molecular formula is C21H16ClNO3S2. The molecule has 0 spiro atoms. The number of carbonyl (C=O) groups is 2. The molecule has 142 valence electrons. The van der Waals surface area contributed by atoms with E-state index in [0.717, 1.165) is 11.1 Å². The van der Waals surface area contributed by atoms with Gasteiger partial charge in [-0.05, 0) is 52.2 Å². The number of benzene rings is 2. The Balaban J connectivity index is 1.70. The topological polar surface area (TPSA) is 66.4 Å². The van der Waals surface area contributed by atoms with E-state index in [1.807, 2.05) is 29.0 Å². The second-order valence-corrected chi connectivity index (χ2v) is 8.86. The standard InChI is InChI=1S/C21H16ClNO3S2/c22-16-3-1-2-4-18(16)28-19-17(25)11-21(23-20(19)26,14-9-10-27-12-14)13-5-7-15(24)8-6-13/h1-10,12,19,24H,11H2,(H,23,26)/t19-,21-/m1/s1. The number of halogens is 1. The summed E-state index contributed by atoms with van der Waals surface area (Å²) in [4.78, 5) is 26.8. The van der Waals surface area contributed by atoms with Crippen LogP contribution in [0.5, 0.6) is 5.75 Å². The van der Waals surface area contributed by atoms with E-state index in [1.165, 1.54) is 23.1 Å². The van der Waals surface area contributed by atoms with Crippen molar-refractivity contribution >= 4 is 46.4 Å². The quantitative estimate of drug-likeness (QED) is 0.595. The van der Waals surface area contributed by atoms with Crippen molar-refractivity contribution in [2.45, 2.75) is 22.1 Å². The molecule has 0 aliphatic carbocycles. The van der Waals surface area contributed by atoms with E-state index < -0.39 is 10.8 Å². The predicted molar refractivity (Wildman–Crippen MR) is 112 cm³/mol. The summed E-state index contributed by atoms with van der Waals surface area (Å²) in [5.41, 5.74) is 0.664. The number of phenols is 1. The molecule has 1 saturated heterocycles. The van der Waals surface area contributed by atoms with Gasteiger partial charge in [0.2, 0.25) is 5.91 Å². The first kappa shape index (κ1) is 19.1. The zero-order valence-corrected chi connectivity index (χ0v) is 17.0. The Kier molecular flexibility index (Phi) is 5.19. The number of thiophene rings is 1. The number of carbonyl (C=O) groups excluding carboxylic acids is 2. The second-order valence-electron chi connectivity index (χ2n) is 6.52. The van der Waals surface area contributed by atoms with Crippen molar-refractivity contribution in [3.8, 4) is 5.75 Å². The Labute approximate surface area is 175 Å². The van der Waals surface area contributed by atoms with Gasteiger partial charge in [-0.15, -0.1) is 11.8 Å². The summed E-state index contributed by atoms with van der Waals surface area (Å²) in [5.74, 6) is -0.377. The van der Waals surface area contributed by atoms with Crippen molar-refractivity contribution < 1.29 is 14.7 Å². The first-order chi connectivity index (χ1) is 13.5. The molecule has 28 heavy (non-hydrogen) atoms. The van der Waals surface area contributed by atoms with Crippen LogP contribution in [0.3, 0.4) is 0 Å². The molecule has 4 rings (SSSR count). The van der Waals surface area contributed by atoms with E-state index in [0.29, 0.717) is 9.92 Å². The maximum absolute atomic E-state index is 13.1. The average molecular weight is 430 g/mol. The minimum absolute atomic E-state index is 0.127. The van der Waals surface area contributed by atoms with Crippen LogP contribution in [0.2, 0.25) is 5.02 Å². The average Bonchev–Trinajstić information content (AvgIpc) is 3.22. The minimum Gasteiger partial charge on any atom is -0.508 e. The van der Waals surface area contributed by atoms with E-state index >= 15 is 0 Å². The number of rotatable bonds is 4. The molecule has 0 radical (unpaired) electrons. The highest BCUT2D eigenvalue weighted by atomic mass is 35.5. The van der Waals surface area contributed by atoms with Crippen LogP contribution in [-0.2, 0) is 15.1 Å². The SMILES string of the molecule is O=C1C[C@@](c2ccc(O)cc2)(c2ccsc2)NC(=O)[C@@H]1Sc1ccccc1Cl. The van der Waals surface area contributed by atoms with Gasteiger partial charge < -0.3 is 10.4 Å². The number of aromatic hydroxyl groups is 1. The monoisotopic (exact) mass is 429 g/mol. The maximum atomic E-state index is 13.1. The molecule has 1 amide bonds. The van der Waals surface area contributed by atoms with E-state index in [-0.39, 0.29) is 23.9 Å². The van der Waals surface area contributed by atoms with Gasteiger partial charge in [-0.3, -0.25) is 9.59 Å². The Bertz CT molecular complexity index is 1000. The number of hydrogen-bond donors (Lipinski definition) is 2. The van der Waals surface area contributed by atoms with Gasteiger partial charge in [-0.1, -0.05) is 35.9 Å². The molecule has 1 fully saturated rings. The molecule has 0 saturated carbocycles. The fourth-order valence-corrected chi connectivity index (χ4v) is 5.35. The zero-order valence-electron chi connectivity index (χ0n) is 14.6. The van der Waals surface area contributed by atoms with Crippen molar-refractivity contribution in [2.24, 2.45) is 0 Å². The third-order valence-corrected chi connectivity index (χ3v) is 7.21. The number of phenolic OH excluding ortho intramolecular Hbond substituents is 1. The van der Waals surface area contributed by atoms with Crippen LogP contribution in [-0.4, -0.2) is 22.0 Å². The number of thioether (sulfide) groups is 1. The normalized spacial score (nSPS) is 22.1. The molecule has 0 bridgehead atoms. The van der Waals surface area contributed by atoms with Gasteiger partial charge in [0.1, 0.15) is 11.0 Å². The van der Waals surface area contributed by atoms with E-state index in [2.05, 4.69) is 5.32 Å². The van der Waals surface area contributed by atoms with Gasteiger partial charge in [0.05, 0.1) is 10.6 Å². The molecule has 0 unspecified atom stereocenters. The first-order valence-electron chi connectivity index (χ1n) is 8.58. The molecule has 2 aromatic carbocycles. The molecule has 1 aromatic heterocycles. The number of nitrogens with one attached hydrogen (secondary N) is 1. The van der Waals surface area contributed by atoms with Crippen molar-refractivity contribution in [1.82, 2.24) is 5.32 Å². The van der Waals surface area contributed by atoms with Gasteiger partial charge in [0.25, 0.3) is 0 Å². The summed E-state index contributed by atoms with van der Waals surface area (Å²) >= 11 is 8.88. The highest BCUT2D eigenvalue weighted by Crippen LogP contribution is 2.41. The maximum Gasteiger partial charge on any atom is 0.242 e. The van der Waals surface area contributed by atoms with Gasteiger partial charge >= 0.3 is 0 Å². The smallest absolute Gasteiger partial charge is 0.242 e. The van der Waals surface area contributed by atoms with Crippen molar-refractivity contribution in [3.63, 3.8) is 0 Å². The van der Waals surface area contributed by atoms with Crippen LogP contribution >= 0.6 is 34.7 Å². The largest absolute Gasteiger partial charge is 0.508 e. The van der Waals surface area contributed by atoms with Crippen LogP contribution in [0.25, 0.3) is 0 Å².